The van der Waals surface area contributed by atoms with Crippen LogP contribution in [-0.4, -0.2) is 34.8 Å². The number of amides is 2. The summed E-state index contributed by atoms with van der Waals surface area (Å²) in [7, 11) is 0. The molecule has 6 heteroatoms. The molecule has 1 aromatic heterocycles. The summed E-state index contributed by atoms with van der Waals surface area (Å²) < 4.78 is 0. The Labute approximate surface area is 133 Å². The Balaban J connectivity index is 1.41. The first-order chi connectivity index (χ1) is 10.8. The molecule has 5 nitrogen and oxygen atoms in total. The van der Waals surface area contributed by atoms with Crippen molar-refractivity contribution in [3.8, 4) is 0 Å². The smallest absolute Gasteiger partial charge is 0.261 e. The Kier molecular flexibility index (Phi) is 4.60. The average molecular weight is 315 g/mol. The van der Waals surface area contributed by atoms with Crippen LogP contribution in [0.3, 0.4) is 0 Å². The lowest BCUT2D eigenvalue weighted by molar-refractivity contribution is 0.0651. The van der Waals surface area contributed by atoms with E-state index in [1.807, 2.05) is 10.9 Å². The SMILES string of the molecule is O=C1c2ccccc2C(=O)N1CCCCNCc1cscn1. The van der Waals surface area contributed by atoms with Gasteiger partial charge in [-0.2, -0.15) is 0 Å². The fourth-order valence-corrected chi connectivity index (χ4v) is 3.06. The van der Waals surface area contributed by atoms with Crippen molar-refractivity contribution in [1.82, 2.24) is 15.2 Å². The third-order valence-electron chi connectivity index (χ3n) is 3.65. The fourth-order valence-electron chi connectivity index (χ4n) is 2.50. The summed E-state index contributed by atoms with van der Waals surface area (Å²) in [5.74, 6) is -0.341. The van der Waals surface area contributed by atoms with Crippen molar-refractivity contribution >= 4 is 23.2 Å². The number of fused-ring (bicyclic) bond motifs is 1. The number of carbonyl (C=O) groups is 2. The normalized spacial score (nSPS) is 13.7. The number of aromatic nitrogens is 1. The summed E-state index contributed by atoms with van der Waals surface area (Å²) in [4.78, 5) is 29.9. The van der Waals surface area contributed by atoms with E-state index in [1.165, 1.54) is 4.90 Å². The van der Waals surface area contributed by atoms with Crippen molar-refractivity contribution in [2.24, 2.45) is 0 Å². The van der Waals surface area contributed by atoms with Crippen LogP contribution in [-0.2, 0) is 6.54 Å². The van der Waals surface area contributed by atoms with Crippen molar-refractivity contribution in [3.05, 3.63) is 52.0 Å². The Bertz CT molecular complexity index is 635. The van der Waals surface area contributed by atoms with E-state index in [1.54, 1.807) is 35.6 Å². The van der Waals surface area contributed by atoms with E-state index >= 15 is 0 Å². The first-order valence-corrected chi connectivity index (χ1v) is 8.24. The van der Waals surface area contributed by atoms with Crippen molar-refractivity contribution in [1.29, 1.82) is 0 Å². The van der Waals surface area contributed by atoms with Gasteiger partial charge in [0.15, 0.2) is 0 Å². The van der Waals surface area contributed by atoms with Gasteiger partial charge >= 0.3 is 0 Å². The molecule has 1 aliphatic heterocycles. The lowest BCUT2D eigenvalue weighted by atomic mass is 10.1. The summed E-state index contributed by atoms with van der Waals surface area (Å²) in [5.41, 5.74) is 3.91. The highest BCUT2D eigenvalue weighted by Gasteiger charge is 2.34. The highest BCUT2D eigenvalue weighted by atomic mass is 32.1. The predicted octanol–water partition coefficient (Wildman–Crippen LogP) is 2.31. The van der Waals surface area contributed by atoms with E-state index in [4.69, 9.17) is 0 Å². The molecule has 0 unspecified atom stereocenters. The molecule has 2 amide bonds. The molecule has 0 aliphatic carbocycles. The Hall–Kier alpha value is -2.05. The van der Waals surface area contributed by atoms with Gasteiger partial charge in [0, 0.05) is 18.5 Å². The fraction of sp³-hybridized carbons (Fsp3) is 0.312. The van der Waals surface area contributed by atoms with Crippen molar-refractivity contribution in [2.75, 3.05) is 13.1 Å². The molecule has 0 spiro atoms. The topological polar surface area (TPSA) is 62.3 Å². The molecule has 1 aliphatic rings. The molecule has 0 fully saturated rings. The first-order valence-electron chi connectivity index (χ1n) is 7.30. The number of benzene rings is 1. The molecular formula is C16H17N3O2S. The van der Waals surface area contributed by atoms with Gasteiger partial charge in [-0.05, 0) is 31.5 Å². The molecule has 0 radical (unpaired) electrons. The molecule has 0 saturated carbocycles. The number of thiazole rings is 1. The molecule has 2 heterocycles. The van der Waals surface area contributed by atoms with Crippen LogP contribution in [0, 0.1) is 0 Å². The molecule has 1 aromatic carbocycles. The second kappa shape index (κ2) is 6.81. The van der Waals surface area contributed by atoms with Gasteiger partial charge in [0.2, 0.25) is 0 Å². The van der Waals surface area contributed by atoms with E-state index in [0.29, 0.717) is 17.7 Å². The van der Waals surface area contributed by atoms with Crippen LogP contribution in [0.1, 0.15) is 39.3 Å². The average Bonchev–Trinajstić information content (AvgIpc) is 3.13. The summed E-state index contributed by atoms with van der Waals surface area (Å²) in [6.07, 6.45) is 1.72. The molecule has 0 atom stereocenters. The standard InChI is InChI=1S/C16H17N3O2S/c20-15-13-5-1-2-6-14(13)16(21)19(15)8-4-3-7-17-9-12-10-22-11-18-12/h1-2,5-6,10-11,17H,3-4,7-9H2. The van der Waals surface area contributed by atoms with E-state index in [2.05, 4.69) is 10.3 Å². The zero-order chi connectivity index (χ0) is 15.4. The van der Waals surface area contributed by atoms with Gasteiger partial charge in [0.25, 0.3) is 11.8 Å². The number of hydrogen-bond donors (Lipinski definition) is 1. The summed E-state index contributed by atoms with van der Waals surface area (Å²) >= 11 is 1.59. The molecule has 0 bridgehead atoms. The lowest BCUT2D eigenvalue weighted by Gasteiger charge is -2.13. The van der Waals surface area contributed by atoms with Crippen LogP contribution < -0.4 is 5.32 Å². The number of rotatable bonds is 7. The molecule has 3 rings (SSSR count). The van der Waals surface area contributed by atoms with Gasteiger partial charge < -0.3 is 5.32 Å². The lowest BCUT2D eigenvalue weighted by Crippen LogP contribution is -2.31. The quantitative estimate of drug-likeness (QED) is 0.629. The Morgan fingerprint density at radius 1 is 1.09 bits per heavy atom. The van der Waals surface area contributed by atoms with Crippen LogP contribution in [0.2, 0.25) is 0 Å². The second-order valence-corrected chi connectivity index (χ2v) is 5.89. The van der Waals surface area contributed by atoms with Gasteiger partial charge in [0.1, 0.15) is 0 Å². The number of unbranched alkanes of at least 4 members (excludes halogenated alkanes) is 1. The minimum Gasteiger partial charge on any atom is -0.311 e. The van der Waals surface area contributed by atoms with Gasteiger partial charge in [-0.3, -0.25) is 14.5 Å². The Morgan fingerprint density at radius 2 is 1.82 bits per heavy atom. The van der Waals surface area contributed by atoms with Crippen LogP contribution >= 0.6 is 11.3 Å². The highest BCUT2D eigenvalue weighted by Crippen LogP contribution is 2.22. The van der Waals surface area contributed by atoms with Crippen LogP contribution in [0.4, 0.5) is 0 Å². The zero-order valence-corrected chi connectivity index (χ0v) is 12.9. The first kappa shape index (κ1) is 14.9. The molecule has 114 valence electrons. The molecule has 1 N–H and O–H groups in total. The summed E-state index contributed by atoms with van der Waals surface area (Å²) in [5, 5.41) is 5.33. The maximum atomic E-state index is 12.2. The van der Waals surface area contributed by atoms with Crippen LogP contribution in [0.5, 0.6) is 0 Å². The highest BCUT2D eigenvalue weighted by molar-refractivity contribution is 7.07. The Morgan fingerprint density at radius 3 is 2.45 bits per heavy atom. The van der Waals surface area contributed by atoms with E-state index in [0.717, 1.165) is 31.6 Å². The van der Waals surface area contributed by atoms with Gasteiger partial charge in [-0.1, -0.05) is 12.1 Å². The number of imide groups is 1. The number of nitrogens with one attached hydrogen (secondary N) is 1. The third kappa shape index (κ3) is 3.08. The van der Waals surface area contributed by atoms with Gasteiger partial charge in [-0.15, -0.1) is 11.3 Å². The van der Waals surface area contributed by atoms with Crippen molar-refractivity contribution in [2.45, 2.75) is 19.4 Å². The minimum absolute atomic E-state index is 0.170. The third-order valence-corrected chi connectivity index (χ3v) is 4.29. The summed E-state index contributed by atoms with van der Waals surface area (Å²) in [6, 6.07) is 7.00. The van der Waals surface area contributed by atoms with Gasteiger partial charge in [0.05, 0.1) is 22.3 Å². The molecule has 2 aromatic rings. The maximum absolute atomic E-state index is 12.2. The zero-order valence-electron chi connectivity index (χ0n) is 12.1. The second-order valence-electron chi connectivity index (χ2n) is 5.17. The van der Waals surface area contributed by atoms with E-state index in [9.17, 15) is 9.59 Å². The van der Waals surface area contributed by atoms with Gasteiger partial charge in [-0.25, -0.2) is 4.98 Å². The number of hydrogen-bond acceptors (Lipinski definition) is 5. The van der Waals surface area contributed by atoms with Crippen LogP contribution in [0.15, 0.2) is 35.2 Å². The van der Waals surface area contributed by atoms with Crippen LogP contribution in [0.25, 0.3) is 0 Å². The molecular weight excluding hydrogens is 298 g/mol. The minimum atomic E-state index is -0.170. The largest absolute Gasteiger partial charge is 0.311 e. The van der Waals surface area contributed by atoms with Crippen molar-refractivity contribution < 1.29 is 9.59 Å². The predicted molar refractivity (Wildman–Crippen MR) is 84.9 cm³/mol. The maximum Gasteiger partial charge on any atom is 0.261 e. The monoisotopic (exact) mass is 315 g/mol. The summed E-state index contributed by atoms with van der Waals surface area (Å²) in [6.45, 7) is 2.09. The van der Waals surface area contributed by atoms with E-state index < -0.39 is 0 Å². The molecule has 22 heavy (non-hydrogen) atoms. The number of carbonyl (C=O) groups excluding carboxylic acids is 2. The molecule has 0 saturated heterocycles. The van der Waals surface area contributed by atoms with Crippen molar-refractivity contribution in [3.63, 3.8) is 0 Å². The van der Waals surface area contributed by atoms with E-state index in [-0.39, 0.29) is 11.8 Å². The number of nitrogens with zero attached hydrogens (tertiary/aromatic N) is 2.